The normalized spacial score (nSPS) is 10.5. The largest absolute Gasteiger partial charge is 0.492 e. The predicted molar refractivity (Wildman–Crippen MR) is 105 cm³/mol. The van der Waals surface area contributed by atoms with Crippen molar-refractivity contribution in [3.05, 3.63) is 67.3 Å². The number of likely N-dealkylation sites (N-methyl/N-ethyl adjacent to an activating group) is 1. The summed E-state index contributed by atoms with van der Waals surface area (Å²) in [5, 5.41) is 2.98. The molecule has 0 atom stereocenters. The van der Waals surface area contributed by atoms with Crippen LogP contribution < -0.4 is 10.1 Å². The third-order valence-electron chi connectivity index (χ3n) is 3.42. The summed E-state index contributed by atoms with van der Waals surface area (Å²) in [4.78, 5) is 15.2. The van der Waals surface area contributed by atoms with Gasteiger partial charge in [-0.15, -0.1) is 18.3 Å². The number of hydrogen-bond acceptors (Lipinski definition) is 4. The predicted octanol–water partition coefficient (Wildman–Crippen LogP) is 3.91. The Kier molecular flexibility index (Phi) is 8.09. The first kappa shape index (κ1) is 19.1. The van der Waals surface area contributed by atoms with E-state index in [0.29, 0.717) is 19.7 Å². The Bertz CT molecular complexity index is 676. The van der Waals surface area contributed by atoms with Gasteiger partial charge in [0.25, 0.3) is 0 Å². The van der Waals surface area contributed by atoms with Gasteiger partial charge in [-0.3, -0.25) is 9.69 Å². The highest BCUT2D eigenvalue weighted by Gasteiger charge is 2.09. The molecule has 0 saturated carbocycles. The van der Waals surface area contributed by atoms with E-state index in [2.05, 4.69) is 11.9 Å². The Morgan fingerprint density at radius 1 is 1.20 bits per heavy atom. The topological polar surface area (TPSA) is 41.6 Å². The zero-order valence-corrected chi connectivity index (χ0v) is 15.3. The molecule has 1 amide bonds. The summed E-state index contributed by atoms with van der Waals surface area (Å²) >= 11 is 1.65. The van der Waals surface area contributed by atoms with E-state index in [1.54, 1.807) is 11.8 Å². The van der Waals surface area contributed by atoms with E-state index in [0.717, 1.165) is 22.1 Å². The number of benzene rings is 2. The Labute approximate surface area is 153 Å². The zero-order chi connectivity index (χ0) is 17.9. The molecule has 0 saturated heterocycles. The summed E-state index contributed by atoms with van der Waals surface area (Å²) in [7, 11) is 1.91. The molecule has 0 aromatic heterocycles. The van der Waals surface area contributed by atoms with Crippen LogP contribution in [0.3, 0.4) is 0 Å². The molecule has 0 spiro atoms. The summed E-state index contributed by atoms with van der Waals surface area (Å²) in [6.45, 7) is 5.26. The van der Waals surface area contributed by atoms with Gasteiger partial charge in [-0.1, -0.05) is 36.4 Å². The van der Waals surface area contributed by atoms with E-state index in [9.17, 15) is 4.79 Å². The lowest BCUT2D eigenvalue weighted by molar-refractivity contribution is -0.117. The summed E-state index contributed by atoms with van der Waals surface area (Å²) < 4.78 is 5.65. The average molecular weight is 356 g/mol. The van der Waals surface area contributed by atoms with Crippen LogP contribution in [0.1, 0.15) is 0 Å². The van der Waals surface area contributed by atoms with Gasteiger partial charge in [0.1, 0.15) is 12.4 Å². The van der Waals surface area contributed by atoms with E-state index < -0.39 is 0 Å². The maximum Gasteiger partial charge on any atom is 0.238 e. The number of amides is 1. The van der Waals surface area contributed by atoms with Crippen LogP contribution in [-0.2, 0) is 4.79 Å². The number of thioether (sulfide) groups is 1. The Hall–Kier alpha value is -2.24. The van der Waals surface area contributed by atoms with Gasteiger partial charge in [0.2, 0.25) is 5.91 Å². The monoisotopic (exact) mass is 356 g/mol. The molecule has 0 unspecified atom stereocenters. The van der Waals surface area contributed by atoms with Crippen LogP contribution in [-0.4, -0.2) is 43.3 Å². The first-order chi connectivity index (χ1) is 12.2. The van der Waals surface area contributed by atoms with Crippen LogP contribution in [0.5, 0.6) is 5.75 Å². The molecule has 0 radical (unpaired) electrons. The van der Waals surface area contributed by atoms with Gasteiger partial charge in [-0.05, 0) is 31.3 Å². The molecule has 5 heteroatoms. The van der Waals surface area contributed by atoms with E-state index >= 15 is 0 Å². The third kappa shape index (κ3) is 7.03. The number of nitrogens with zero attached hydrogens (tertiary/aromatic N) is 1. The molecule has 0 bridgehead atoms. The highest BCUT2D eigenvalue weighted by molar-refractivity contribution is 7.99. The summed E-state index contributed by atoms with van der Waals surface area (Å²) in [5.74, 6) is 1.62. The smallest absolute Gasteiger partial charge is 0.238 e. The summed E-state index contributed by atoms with van der Waals surface area (Å²) in [6.07, 6.45) is 1.85. The number of rotatable bonds is 10. The highest BCUT2D eigenvalue weighted by atomic mass is 32.2. The lowest BCUT2D eigenvalue weighted by Gasteiger charge is -2.17. The van der Waals surface area contributed by atoms with E-state index in [4.69, 9.17) is 4.74 Å². The number of ether oxygens (including phenoxy) is 1. The van der Waals surface area contributed by atoms with Crippen molar-refractivity contribution < 1.29 is 9.53 Å². The van der Waals surface area contributed by atoms with Gasteiger partial charge >= 0.3 is 0 Å². The van der Waals surface area contributed by atoms with Crippen molar-refractivity contribution in [1.82, 2.24) is 4.90 Å². The highest BCUT2D eigenvalue weighted by Crippen LogP contribution is 2.26. The molecule has 0 heterocycles. The lowest BCUT2D eigenvalue weighted by Crippen LogP contribution is -2.33. The Morgan fingerprint density at radius 2 is 1.92 bits per heavy atom. The number of carbonyl (C=O) groups is 1. The van der Waals surface area contributed by atoms with E-state index in [1.807, 2.05) is 72.6 Å². The van der Waals surface area contributed by atoms with Crippen LogP contribution >= 0.6 is 11.8 Å². The molecule has 4 nitrogen and oxygen atoms in total. The van der Waals surface area contributed by atoms with Crippen LogP contribution in [0, 0.1) is 0 Å². The molecular weight excluding hydrogens is 332 g/mol. The van der Waals surface area contributed by atoms with Gasteiger partial charge in [-0.25, -0.2) is 0 Å². The van der Waals surface area contributed by atoms with E-state index in [-0.39, 0.29) is 5.91 Å². The summed E-state index contributed by atoms with van der Waals surface area (Å²) in [6, 6.07) is 17.5. The second-order valence-corrected chi connectivity index (χ2v) is 6.61. The SMILES string of the molecule is C=CCSc1ccccc1NC(=O)CN(C)CCOc1ccccc1. The molecule has 0 aliphatic rings. The minimum atomic E-state index is -0.0335. The Balaban J connectivity index is 1.76. The fourth-order valence-corrected chi connectivity index (χ4v) is 2.94. The summed E-state index contributed by atoms with van der Waals surface area (Å²) in [5.41, 5.74) is 0.841. The lowest BCUT2D eigenvalue weighted by atomic mass is 10.3. The molecule has 0 aliphatic carbocycles. The minimum Gasteiger partial charge on any atom is -0.492 e. The second-order valence-electron chi connectivity index (χ2n) is 5.54. The van der Waals surface area contributed by atoms with Gasteiger partial charge in [0, 0.05) is 17.2 Å². The fraction of sp³-hybridized carbons (Fsp3) is 0.250. The van der Waals surface area contributed by atoms with Crippen molar-refractivity contribution in [3.63, 3.8) is 0 Å². The van der Waals surface area contributed by atoms with E-state index in [1.165, 1.54) is 0 Å². The van der Waals surface area contributed by atoms with Gasteiger partial charge in [0.15, 0.2) is 0 Å². The fourth-order valence-electron chi connectivity index (χ4n) is 2.19. The average Bonchev–Trinajstić information content (AvgIpc) is 2.62. The van der Waals surface area contributed by atoms with Crippen LogP contribution in [0.15, 0.2) is 72.1 Å². The maximum absolute atomic E-state index is 12.3. The van der Waals surface area contributed by atoms with Gasteiger partial charge < -0.3 is 10.1 Å². The second kappa shape index (κ2) is 10.6. The molecule has 25 heavy (non-hydrogen) atoms. The number of anilines is 1. The number of nitrogens with one attached hydrogen (secondary N) is 1. The Morgan fingerprint density at radius 3 is 2.68 bits per heavy atom. The minimum absolute atomic E-state index is 0.0335. The molecule has 2 rings (SSSR count). The first-order valence-corrected chi connectivity index (χ1v) is 9.16. The van der Waals surface area contributed by atoms with Gasteiger partial charge in [-0.2, -0.15) is 0 Å². The molecule has 0 fully saturated rings. The third-order valence-corrected chi connectivity index (χ3v) is 4.49. The molecule has 0 aliphatic heterocycles. The molecule has 132 valence electrons. The van der Waals surface area contributed by atoms with Crippen molar-refractivity contribution in [1.29, 1.82) is 0 Å². The van der Waals surface area contributed by atoms with Crippen LogP contribution in [0.4, 0.5) is 5.69 Å². The molecule has 2 aromatic carbocycles. The standard InChI is InChI=1S/C20H24N2O2S/c1-3-15-25-19-12-8-7-11-18(19)21-20(23)16-22(2)13-14-24-17-9-5-4-6-10-17/h3-12H,1,13-16H2,2H3,(H,21,23). The van der Waals surface area contributed by atoms with Crippen molar-refractivity contribution in [2.24, 2.45) is 0 Å². The van der Waals surface area contributed by atoms with Crippen LogP contribution in [0.25, 0.3) is 0 Å². The van der Waals surface area contributed by atoms with Crippen molar-refractivity contribution in [2.45, 2.75) is 4.90 Å². The molecular formula is C20H24N2O2S. The quantitative estimate of drug-likeness (QED) is 0.518. The first-order valence-electron chi connectivity index (χ1n) is 8.18. The number of para-hydroxylation sites is 2. The van der Waals surface area contributed by atoms with Gasteiger partial charge in [0.05, 0.1) is 12.2 Å². The number of hydrogen-bond donors (Lipinski definition) is 1. The number of carbonyl (C=O) groups excluding carboxylic acids is 1. The van der Waals surface area contributed by atoms with Crippen LogP contribution in [0.2, 0.25) is 0 Å². The van der Waals surface area contributed by atoms with Crippen molar-refractivity contribution in [2.75, 3.05) is 37.8 Å². The molecule has 1 N–H and O–H groups in total. The van der Waals surface area contributed by atoms with Crippen molar-refractivity contribution >= 4 is 23.4 Å². The zero-order valence-electron chi connectivity index (χ0n) is 14.5. The van der Waals surface area contributed by atoms with Crippen molar-refractivity contribution in [3.8, 4) is 5.75 Å². The molecule has 2 aromatic rings. The maximum atomic E-state index is 12.3.